The molecule has 0 atom stereocenters. The van der Waals surface area contributed by atoms with Crippen LogP contribution < -0.4 is 5.32 Å². The van der Waals surface area contributed by atoms with E-state index < -0.39 is 0 Å². The average Bonchev–Trinajstić information content (AvgIpc) is 2.29. The lowest BCUT2D eigenvalue weighted by Gasteiger charge is -2.04. The van der Waals surface area contributed by atoms with E-state index in [1.54, 1.807) is 0 Å². The summed E-state index contributed by atoms with van der Waals surface area (Å²) in [6, 6.07) is 12.2. The zero-order chi connectivity index (χ0) is 10.8. The monoisotopic (exact) mass is 204 g/mol. The maximum absolute atomic E-state index is 8.23. The summed E-state index contributed by atoms with van der Waals surface area (Å²) in [5.74, 6) is 0. The molecule has 0 fully saturated rings. The summed E-state index contributed by atoms with van der Waals surface area (Å²) in [5, 5.41) is 11.5. The Morgan fingerprint density at radius 1 is 1.27 bits per heavy atom. The Hall–Kier alpha value is -1.37. The fraction of sp³-hybridized carbons (Fsp3) is 0.417. The Labute approximate surface area is 90.7 Å². The van der Waals surface area contributed by atoms with E-state index in [4.69, 9.17) is 10.00 Å². The molecule has 0 unspecified atom stereocenters. The average molecular weight is 204 g/mol. The highest BCUT2D eigenvalue weighted by atomic mass is 16.5. The lowest BCUT2D eigenvalue weighted by Crippen LogP contribution is -2.16. The molecular formula is C12H16N2O. The Morgan fingerprint density at radius 3 is 2.80 bits per heavy atom. The molecule has 0 aliphatic heterocycles. The van der Waals surface area contributed by atoms with Gasteiger partial charge in [0.2, 0.25) is 0 Å². The van der Waals surface area contributed by atoms with Crippen LogP contribution in [-0.4, -0.2) is 19.8 Å². The molecular weight excluding hydrogens is 188 g/mol. The first-order valence-electron chi connectivity index (χ1n) is 5.13. The van der Waals surface area contributed by atoms with Crippen LogP contribution in [0.3, 0.4) is 0 Å². The van der Waals surface area contributed by atoms with E-state index in [-0.39, 0.29) is 6.61 Å². The third kappa shape index (κ3) is 5.84. The van der Waals surface area contributed by atoms with Crippen LogP contribution in [0.25, 0.3) is 0 Å². The van der Waals surface area contributed by atoms with Gasteiger partial charge in [0.1, 0.15) is 6.61 Å². The molecule has 0 saturated carbocycles. The molecule has 1 aromatic rings. The molecule has 0 aromatic heterocycles. The highest BCUT2D eigenvalue weighted by molar-refractivity contribution is 5.14. The summed E-state index contributed by atoms with van der Waals surface area (Å²) in [6.45, 7) is 2.65. The van der Waals surface area contributed by atoms with E-state index in [1.165, 1.54) is 5.56 Å². The molecule has 0 heterocycles. The molecule has 0 bridgehead atoms. The van der Waals surface area contributed by atoms with E-state index in [0.29, 0.717) is 6.61 Å². The van der Waals surface area contributed by atoms with Gasteiger partial charge in [-0.3, -0.25) is 0 Å². The topological polar surface area (TPSA) is 45.0 Å². The van der Waals surface area contributed by atoms with Crippen molar-refractivity contribution in [2.45, 2.75) is 13.0 Å². The summed E-state index contributed by atoms with van der Waals surface area (Å²) >= 11 is 0. The van der Waals surface area contributed by atoms with Crippen molar-refractivity contribution in [1.82, 2.24) is 5.32 Å². The Kier molecular flexibility index (Phi) is 6.23. The largest absolute Gasteiger partial charge is 0.366 e. The fourth-order valence-electron chi connectivity index (χ4n) is 1.25. The first-order chi connectivity index (χ1) is 7.43. The standard InChI is InChI=1S/C12H16N2O/c13-7-10-15-9-4-8-14-11-12-5-2-1-3-6-12/h1-3,5-6,14H,4,8-11H2. The van der Waals surface area contributed by atoms with Crippen molar-refractivity contribution in [3.63, 3.8) is 0 Å². The third-order valence-electron chi connectivity index (χ3n) is 1.98. The van der Waals surface area contributed by atoms with Gasteiger partial charge >= 0.3 is 0 Å². The van der Waals surface area contributed by atoms with Gasteiger partial charge in [0.15, 0.2) is 0 Å². The molecule has 1 N–H and O–H groups in total. The van der Waals surface area contributed by atoms with Gasteiger partial charge < -0.3 is 10.1 Å². The van der Waals surface area contributed by atoms with Crippen molar-refractivity contribution in [1.29, 1.82) is 5.26 Å². The molecule has 3 heteroatoms. The van der Waals surface area contributed by atoms with Crippen LogP contribution in [0.15, 0.2) is 30.3 Å². The van der Waals surface area contributed by atoms with Crippen molar-refractivity contribution < 1.29 is 4.74 Å². The third-order valence-corrected chi connectivity index (χ3v) is 1.98. The smallest absolute Gasteiger partial charge is 0.133 e. The van der Waals surface area contributed by atoms with E-state index in [2.05, 4.69) is 17.4 Å². The number of hydrogen-bond donors (Lipinski definition) is 1. The molecule has 0 aliphatic rings. The Morgan fingerprint density at radius 2 is 2.07 bits per heavy atom. The number of rotatable bonds is 7. The molecule has 0 saturated heterocycles. The van der Waals surface area contributed by atoms with Gasteiger partial charge in [0, 0.05) is 13.2 Å². The SMILES string of the molecule is N#CCOCCCNCc1ccccc1. The van der Waals surface area contributed by atoms with Crippen molar-refractivity contribution in [3.8, 4) is 6.07 Å². The maximum atomic E-state index is 8.23. The summed E-state index contributed by atoms with van der Waals surface area (Å²) in [5.41, 5.74) is 1.29. The maximum Gasteiger partial charge on any atom is 0.133 e. The van der Waals surface area contributed by atoms with Gasteiger partial charge in [-0.15, -0.1) is 0 Å². The number of ether oxygens (including phenoxy) is 1. The number of benzene rings is 1. The van der Waals surface area contributed by atoms with E-state index in [0.717, 1.165) is 19.5 Å². The van der Waals surface area contributed by atoms with Gasteiger partial charge in [0.25, 0.3) is 0 Å². The molecule has 0 aliphatic carbocycles. The highest BCUT2D eigenvalue weighted by Crippen LogP contribution is 1.96. The number of hydrogen-bond acceptors (Lipinski definition) is 3. The lowest BCUT2D eigenvalue weighted by molar-refractivity contribution is 0.162. The van der Waals surface area contributed by atoms with E-state index in [9.17, 15) is 0 Å². The van der Waals surface area contributed by atoms with Gasteiger partial charge in [0.05, 0.1) is 6.07 Å². The minimum Gasteiger partial charge on any atom is -0.366 e. The quantitative estimate of drug-likeness (QED) is 0.688. The van der Waals surface area contributed by atoms with E-state index in [1.807, 2.05) is 24.3 Å². The van der Waals surface area contributed by atoms with Crippen LogP contribution in [0.2, 0.25) is 0 Å². The number of nitrogens with one attached hydrogen (secondary N) is 1. The second-order valence-corrected chi connectivity index (χ2v) is 3.23. The predicted molar refractivity (Wildman–Crippen MR) is 59.2 cm³/mol. The molecule has 15 heavy (non-hydrogen) atoms. The number of nitriles is 1. The summed E-state index contributed by atoms with van der Waals surface area (Å²) in [4.78, 5) is 0. The second kappa shape index (κ2) is 7.98. The van der Waals surface area contributed by atoms with E-state index >= 15 is 0 Å². The molecule has 0 spiro atoms. The van der Waals surface area contributed by atoms with Gasteiger partial charge in [-0.1, -0.05) is 30.3 Å². The minimum absolute atomic E-state index is 0.193. The highest BCUT2D eigenvalue weighted by Gasteiger charge is 1.91. The van der Waals surface area contributed by atoms with Crippen LogP contribution >= 0.6 is 0 Å². The van der Waals surface area contributed by atoms with Crippen LogP contribution in [-0.2, 0) is 11.3 Å². The van der Waals surface area contributed by atoms with Crippen LogP contribution in [0.4, 0.5) is 0 Å². The zero-order valence-electron chi connectivity index (χ0n) is 8.78. The van der Waals surface area contributed by atoms with Gasteiger partial charge in [-0.25, -0.2) is 0 Å². The number of nitrogens with zero attached hydrogens (tertiary/aromatic N) is 1. The summed E-state index contributed by atoms with van der Waals surface area (Å²) in [7, 11) is 0. The summed E-state index contributed by atoms with van der Waals surface area (Å²) < 4.78 is 5.03. The molecule has 1 aromatic carbocycles. The van der Waals surface area contributed by atoms with Gasteiger partial charge in [-0.05, 0) is 18.5 Å². The molecule has 3 nitrogen and oxygen atoms in total. The summed E-state index contributed by atoms with van der Waals surface area (Å²) in [6.07, 6.45) is 0.939. The van der Waals surface area contributed by atoms with Crippen molar-refractivity contribution in [3.05, 3.63) is 35.9 Å². The Balaban J connectivity index is 1.96. The molecule has 0 amide bonds. The molecule has 0 radical (unpaired) electrons. The van der Waals surface area contributed by atoms with Crippen molar-refractivity contribution >= 4 is 0 Å². The van der Waals surface area contributed by atoms with Crippen molar-refractivity contribution in [2.24, 2.45) is 0 Å². The second-order valence-electron chi connectivity index (χ2n) is 3.23. The first kappa shape index (κ1) is 11.7. The van der Waals surface area contributed by atoms with Crippen LogP contribution in [0, 0.1) is 11.3 Å². The van der Waals surface area contributed by atoms with Crippen molar-refractivity contribution in [2.75, 3.05) is 19.8 Å². The predicted octanol–water partition coefficient (Wildman–Crippen LogP) is 1.71. The van der Waals surface area contributed by atoms with Crippen LogP contribution in [0.1, 0.15) is 12.0 Å². The molecule has 80 valence electrons. The van der Waals surface area contributed by atoms with Gasteiger partial charge in [-0.2, -0.15) is 5.26 Å². The fourth-order valence-corrected chi connectivity index (χ4v) is 1.25. The normalized spacial score (nSPS) is 9.80. The lowest BCUT2D eigenvalue weighted by atomic mass is 10.2. The zero-order valence-corrected chi connectivity index (χ0v) is 8.78. The Bertz CT molecular complexity index is 292. The first-order valence-corrected chi connectivity index (χ1v) is 5.13. The van der Waals surface area contributed by atoms with Crippen LogP contribution in [0.5, 0.6) is 0 Å². The minimum atomic E-state index is 0.193. The molecule has 1 rings (SSSR count).